The normalized spacial score (nSPS) is 21.2. The number of nitrogens with two attached hydrogens (primary N) is 1. The summed E-state index contributed by atoms with van der Waals surface area (Å²) < 4.78 is 6.61. The Morgan fingerprint density at radius 1 is 1.56 bits per heavy atom. The van der Waals surface area contributed by atoms with Crippen molar-refractivity contribution in [2.75, 3.05) is 19.7 Å². The van der Waals surface area contributed by atoms with Crippen molar-refractivity contribution in [3.05, 3.63) is 33.3 Å². The molecule has 2 atom stereocenters. The highest BCUT2D eigenvalue weighted by Crippen LogP contribution is 2.26. The van der Waals surface area contributed by atoms with Crippen molar-refractivity contribution in [1.82, 2.24) is 5.32 Å². The summed E-state index contributed by atoms with van der Waals surface area (Å²) in [4.78, 5) is 0. The highest BCUT2D eigenvalue weighted by atomic mass is 79.9. The highest BCUT2D eigenvalue weighted by molar-refractivity contribution is 9.10. The summed E-state index contributed by atoms with van der Waals surface area (Å²) in [5.74, 6) is 0. The van der Waals surface area contributed by atoms with Gasteiger partial charge in [0.1, 0.15) is 0 Å². The molecule has 1 aromatic carbocycles. The Balaban J connectivity index is 2.00. The van der Waals surface area contributed by atoms with Crippen molar-refractivity contribution in [2.24, 2.45) is 5.73 Å². The van der Waals surface area contributed by atoms with E-state index in [1.54, 1.807) is 0 Å². The first kappa shape index (κ1) is 14.3. The standard InChI is InChI=1S/C13H18BrClN2O/c14-9-3-4-12(15)11(6-9)13(7-16)17-8-10-2-1-5-18-10/h3-4,6,10,13,17H,1-2,5,7-8,16H2. The predicted octanol–water partition coefficient (Wildman–Crippen LogP) is 2.87. The number of benzene rings is 1. The van der Waals surface area contributed by atoms with E-state index in [0.29, 0.717) is 12.6 Å². The minimum absolute atomic E-state index is 0.0687. The zero-order valence-corrected chi connectivity index (χ0v) is 12.5. The summed E-state index contributed by atoms with van der Waals surface area (Å²) in [5, 5.41) is 4.18. The molecule has 1 heterocycles. The van der Waals surface area contributed by atoms with Gasteiger partial charge >= 0.3 is 0 Å². The van der Waals surface area contributed by atoms with Crippen LogP contribution in [-0.4, -0.2) is 25.8 Å². The second-order valence-corrected chi connectivity index (χ2v) is 5.82. The maximum absolute atomic E-state index is 6.22. The van der Waals surface area contributed by atoms with Crippen LogP contribution < -0.4 is 11.1 Å². The van der Waals surface area contributed by atoms with E-state index in [2.05, 4.69) is 21.2 Å². The van der Waals surface area contributed by atoms with E-state index in [-0.39, 0.29) is 6.04 Å². The number of ether oxygens (including phenoxy) is 1. The molecule has 1 aliphatic rings. The number of hydrogen-bond acceptors (Lipinski definition) is 3. The van der Waals surface area contributed by atoms with Crippen molar-refractivity contribution < 1.29 is 4.74 Å². The Bertz CT molecular complexity index is 397. The predicted molar refractivity (Wildman–Crippen MR) is 77.9 cm³/mol. The average Bonchev–Trinajstić information content (AvgIpc) is 2.87. The van der Waals surface area contributed by atoms with Crippen LogP contribution in [0.4, 0.5) is 0 Å². The van der Waals surface area contributed by atoms with E-state index in [9.17, 15) is 0 Å². The molecule has 3 nitrogen and oxygen atoms in total. The SMILES string of the molecule is NCC(NCC1CCCO1)c1cc(Br)ccc1Cl. The summed E-state index contributed by atoms with van der Waals surface area (Å²) >= 11 is 9.68. The number of rotatable bonds is 5. The third-order valence-corrected chi connectivity index (χ3v) is 4.02. The van der Waals surface area contributed by atoms with Crippen molar-refractivity contribution in [3.63, 3.8) is 0 Å². The van der Waals surface area contributed by atoms with Crippen LogP contribution in [0.1, 0.15) is 24.4 Å². The van der Waals surface area contributed by atoms with Crippen LogP contribution in [-0.2, 0) is 4.74 Å². The van der Waals surface area contributed by atoms with Gasteiger partial charge in [-0.1, -0.05) is 27.5 Å². The van der Waals surface area contributed by atoms with Gasteiger partial charge in [-0.15, -0.1) is 0 Å². The van der Waals surface area contributed by atoms with Crippen LogP contribution in [0.25, 0.3) is 0 Å². The van der Waals surface area contributed by atoms with E-state index in [1.165, 1.54) is 0 Å². The summed E-state index contributed by atoms with van der Waals surface area (Å²) in [6.45, 7) is 2.21. The molecule has 2 rings (SSSR count). The second kappa shape index (κ2) is 6.87. The Morgan fingerprint density at radius 3 is 3.06 bits per heavy atom. The fourth-order valence-electron chi connectivity index (χ4n) is 2.18. The van der Waals surface area contributed by atoms with E-state index in [1.807, 2.05) is 18.2 Å². The Hall–Kier alpha value is -0.130. The number of hydrogen-bond donors (Lipinski definition) is 2. The quantitative estimate of drug-likeness (QED) is 0.871. The second-order valence-electron chi connectivity index (χ2n) is 4.50. The monoisotopic (exact) mass is 332 g/mol. The maximum atomic E-state index is 6.22. The van der Waals surface area contributed by atoms with Crippen LogP contribution in [0.3, 0.4) is 0 Å². The van der Waals surface area contributed by atoms with E-state index < -0.39 is 0 Å². The molecule has 3 N–H and O–H groups in total. The molecule has 100 valence electrons. The molecule has 0 saturated carbocycles. The first-order valence-corrected chi connectivity index (χ1v) is 7.38. The Kier molecular flexibility index (Phi) is 5.45. The molecular weight excluding hydrogens is 316 g/mol. The minimum Gasteiger partial charge on any atom is -0.377 e. The van der Waals surface area contributed by atoms with Gasteiger partial charge in [-0.3, -0.25) is 0 Å². The van der Waals surface area contributed by atoms with Gasteiger partial charge in [0.25, 0.3) is 0 Å². The Morgan fingerprint density at radius 2 is 2.39 bits per heavy atom. The molecule has 1 fully saturated rings. The molecule has 0 bridgehead atoms. The van der Waals surface area contributed by atoms with Gasteiger partial charge < -0.3 is 15.8 Å². The van der Waals surface area contributed by atoms with Crippen molar-refractivity contribution in [3.8, 4) is 0 Å². The zero-order valence-electron chi connectivity index (χ0n) is 10.2. The zero-order chi connectivity index (χ0) is 13.0. The molecule has 0 spiro atoms. The summed E-state index contributed by atoms with van der Waals surface area (Å²) in [7, 11) is 0. The average molecular weight is 334 g/mol. The lowest BCUT2D eigenvalue weighted by Crippen LogP contribution is -2.34. The molecule has 1 aromatic rings. The van der Waals surface area contributed by atoms with Crippen LogP contribution in [0.15, 0.2) is 22.7 Å². The van der Waals surface area contributed by atoms with Crippen LogP contribution in [0.5, 0.6) is 0 Å². The molecule has 1 aliphatic heterocycles. The molecule has 0 amide bonds. The van der Waals surface area contributed by atoms with Gasteiger partial charge in [0.15, 0.2) is 0 Å². The molecular formula is C13H18BrClN2O. The van der Waals surface area contributed by atoms with Crippen LogP contribution in [0, 0.1) is 0 Å². The lowest BCUT2D eigenvalue weighted by Gasteiger charge is -2.21. The molecule has 0 aliphatic carbocycles. The van der Waals surface area contributed by atoms with Gasteiger partial charge in [-0.05, 0) is 36.6 Å². The summed E-state index contributed by atoms with van der Waals surface area (Å²) in [6.07, 6.45) is 2.58. The van der Waals surface area contributed by atoms with Gasteiger partial charge in [0, 0.05) is 35.2 Å². The summed E-state index contributed by atoms with van der Waals surface area (Å²) in [5.41, 5.74) is 6.87. The number of nitrogens with one attached hydrogen (secondary N) is 1. The molecule has 18 heavy (non-hydrogen) atoms. The van der Waals surface area contributed by atoms with E-state index >= 15 is 0 Å². The number of halogens is 2. The molecule has 2 unspecified atom stereocenters. The Labute approximate surface area is 121 Å². The first-order chi connectivity index (χ1) is 8.70. The van der Waals surface area contributed by atoms with Gasteiger partial charge in [0.2, 0.25) is 0 Å². The van der Waals surface area contributed by atoms with Crippen LogP contribution in [0.2, 0.25) is 5.02 Å². The highest BCUT2D eigenvalue weighted by Gasteiger charge is 2.19. The fraction of sp³-hybridized carbons (Fsp3) is 0.538. The lowest BCUT2D eigenvalue weighted by atomic mass is 10.1. The fourth-order valence-corrected chi connectivity index (χ4v) is 2.81. The van der Waals surface area contributed by atoms with Gasteiger partial charge in [-0.2, -0.15) is 0 Å². The first-order valence-electron chi connectivity index (χ1n) is 6.20. The third-order valence-electron chi connectivity index (χ3n) is 3.19. The molecule has 0 aromatic heterocycles. The van der Waals surface area contributed by atoms with Crippen molar-refractivity contribution >= 4 is 27.5 Å². The minimum atomic E-state index is 0.0687. The largest absolute Gasteiger partial charge is 0.377 e. The smallest absolute Gasteiger partial charge is 0.0700 e. The van der Waals surface area contributed by atoms with Crippen molar-refractivity contribution in [1.29, 1.82) is 0 Å². The lowest BCUT2D eigenvalue weighted by molar-refractivity contribution is 0.107. The van der Waals surface area contributed by atoms with E-state index in [4.69, 9.17) is 22.1 Å². The van der Waals surface area contributed by atoms with E-state index in [0.717, 1.165) is 41.1 Å². The van der Waals surface area contributed by atoms with Crippen molar-refractivity contribution in [2.45, 2.75) is 25.0 Å². The molecule has 1 saturated heterocycles. The topological polar surface area (TPSA) is 47.3 Å². The summed E-state index contributed by atoms with van der Waals surface area (Å²) in [6, 6.07) is 5.90. The molecule has 5 heteroatoms. The van der Waals surface area contributed by atoms with Crippen LogP contribution >= 0.6 is 27.5 Å². The molecule has 0 radical (unpaired) electrons. The maximum Gasteiger partial charge on any atom is 0.0700 e. The third kappa shape index (κ3) is 3.68. The van der Waals surface area contributed by atoms with Gasteiger partial charge in [0.05, 0.1) is 6.10 Å². The van der Waals surface area contributed by atoms with Gasteiger partial charge in [-0.25, -0.2) is 0 Å².